The standard InChI is InChI=1S/C13H20N4O3/c1-16-7-6-14-10(16)8-17(2)12(20)15-9-13(11(18)19)4-3-5-13/h6-7H,3-5,8-9H2,1-2H3,(H,15,20)(H,18,19). The van der Waals surface area contributed by atoms with Gasteiger partial charge in [-0.1, -0.05) is 6.42 Å². The van der Waals surface area contributed by atoms with Gasteiger partial charge < -0.3 is 19.9 Å². The number of nitrogens with one attached hydrogen (secondary N) is 1. The van der Waals surface area contributed by atoms with E-state index in [0.29, 0.717) is 19.4 Å². The van der Waals surface area contributed by atoms with Gasteiger partial charge in [0.2, 0.25) is 0 Å². The van der Waals surface area contributed by atoms with Gasteiger partial charge in [-0.15, -0.1) is 0 Å². The lowest BCUT2D eigenvalue weighted by atomic mass is 9.69. The highest BCUT2D eigenvalue weighted by molar-refractivity contribution is 5.78. The normalized spacial score (nSPS) is 16.3. The lowest BCUT2D eigenvalue weighted by Gasteiger charge is -2.37. The first-order chi connectivity index (χ1) is 9.44. The molecule has 1 aliphatic carbocycles. The van der Waals surface area contributed by atoms with Gasteiger partial charge in [0.1, 0.15) is 5.82 Å². The summed E-state index contributed by atoms with van der Waals surface area (Å²) in [5.41, 5.74) is -0.764. The third-order valence-corrected chi connectivity index (χ3v) is 3.99. The zero-order chi connectivity index (χ0) is 14.8. The van der Waals surface area contributed by atoms with Crippen LogP contribution in [0.3, 0.4) is 0 Å². The van der Waals surface area contributed by atoms with Gasteiger partial charge in [0.25, 0.3) is 0 Å². The molecule has 1 fully saturated rings. The molecule has 1 saturated carbocycles. The Morgan fingerprint density at radius 2 is 2.25 bits per heavy atom. The number of hydrogen-bond acceptors (Lipinski definition) is 3. The van der Waals surface area contributed by atoms with Gasteiger partial charge >= 0.3 is 12.0 Å². The van der Waals surface area contributed by atoms with Crippen molar-refractivity contribution in [1.29, 1.82) is 0 Å². The van der Waals surface area contributed by atoms with Crippen LogP contribution in [-0.2, 0) is 18.4 Å². The predicted molar refractivity (Wildman–Crippen MR) is 72.0 cm³/mol. The summed E-state index contributed by atoms with van der Waals surface area (Å²) in [5, 5.41) is 11.9. The van der Waals surface area contributed by atoms with E-state index in [1.165, 1.54) is 4.90 Å². The van der Waals surface area contributed by atoms with Crippen LogP contribution in [0.4, 0.5) is 4.79 Å². The highest BCUT2D eigenvalue weighted by atomic mass is 16.4. The molecule has 7 nitrogen and oxygen atoms in total. The van der Waals surface area contributed by atoms with Crippen LogP contribution in [0.5, 0.6) is 0 Å². The second-order valence-corrected chi connectivity index (χ2v) is 5.41. The van der Waals surface area contributed by atoms with E-state index in [-0.39, 0.29) is 12.6 Å². The summed E-state index contributed by atoms with van der Waals surface area (Å²) in [5.74, 6) is -0.0463. The summed E-state index contributed by atoms with van der Waals surface area (Å²) < 4.78 is 1.84. The first-order valence-corrected chi connectivity index (χ1v) is 6.63. The molecule has 0 unspecified atom stereocenters. The Bertz CT molecular complexity index is 507. The average Bonchev–Trinajstić information content (AvgIpc) is 2.72. The summed E-state index contributed by atoms with van der Waals surface area (Å²) in [7, 11) is 3.53. The molecule has 1 aromatic rings. The number of imidazole rings is 1. The number of carbonyl (C=O) groups is 2. The molecule has 20 heavy (non-hydrogen) atoms. The van der Waals surface area contributed by atoms with Gasteiger partial charge in [0, 0.05) is 33.0 Å². The molecular weight excluding hydrogens is 260 g/mol. The maximum atomic E-state index is 12.0. The molecule has 110 valence electrons. The fourth-order valence-corrected chi connectivity index (χ4v) is 2.28. The zero-order valence-corrected chi connectivity index (χ0v) is 11.8. The summed E-state index contributed by atoms with van der Waals surface area (Å²) in [6.07, 6.45) is 5.66. The summed E-state index contributed by atoms with van der Waals surface area (Å²) in [4.78, 5) is 28.8. The SMILES string of the molecule is CN(Cc1nccn1C)C(=O)NCC1(C(=O)O)CCC1. The number of urea groups is 1. The molecule has 1 heterocycles. The van der Waals surface area contributed by atoms with Crippen LogP contribution in [-0.4, -0.2) is 45.2 Å². The first-order valence-electron chi connectivity index (χ1n) is 6.63. The maximum Gasteiger partial charge on any atom is 0.317 e. The average molecular weight is 280 g/mol. The van der Waals surface area contributed by atoms with Crippen LogP contribution in [0.25, 0.3) is 0 Å². The molecule has 0 saturated heterocycles. The van der Waals surface area contributed by atoms with Gasteiger partial charge in [0.05, 0.1) is 12.0 Å². The molecule has 2 N–H and O–H groups in total. The van der Waals surface area contributed by atoms with Crippen molar-refractivity contribution in [3.63, 3.8) is 0 Å². The Morgan fingerprint density at radius 3 is 2.70 bits per heavy atom. The minimum Gasteiger partial charge on any atom is -0.481 e. The number of aromatic nitrogens is 2. The zero-order valence-electron chi connectivity index (χ0n) is 11.8. The molecule has 0 atom stereocenters. The van der Waals surface area contributed by atoms with Crippen LogP contribution in [0.2, 0.25) is 0 Å². The van der Waals surface area contributed by atoms with E-state index in [2.05, 4.69) is 10.3 Å². The smallest absolute Gasteiger partial charge is 0.317 e. The van der Waals surface area contributed by atoms with E-state index in [1.807, 2.05) is 17.8 Å². The monoisotopic (exact) mass is 280 g/mol. The molecule has 2 amide bonds. The van der Waals surface area contributed by atoms with E-state index in [1.54, 1.807) is 13.2 Å². The van der Waals surface area contributed by atoms with E-state index in [0.717, 1.165) is 12.2 Å². The van der Waals surface area contributed by atoms with Crippen LogP contribution in [0.1, 0.15) is 25.1 Å². The van der Waals surface area contributed by atoms with E-state index in [4.69, 9.17) is 0 Å². The van der Waals surface area contributed by atoms with E-state index < -0.39 is 11.4 Å². The molecule has 0 spiro atoms. The van der Waals surface area contributed by atoms with E-state index in [9.17, 15) is 14.7 Å². The van der Waals surface area contributed by atoms with Crippen molar-refractivity contribution >= 4 is 12.0 Å². The van der Waals surface area contributed by atoms with Crippen molar-refractivity contribution in [1.82, 2.24) is 19.8 Å². The Labute approximate surface area is 117 Å². The number of aliphatic carboxylic acids is 1. The molecule has 1 aromatic heterocycles. The summed E-state index contributed by atoms with van der Waals surface area (Å²) in [6, 6.07) is -0.277. The Hall–Kier alpha value is -2.05. The van der Waals surface area contributed by atoms with Crippen LogP contribution in [0.15, 0.2) is 12.4 Å². The van der Waals surface area contributed by atoms with Gasteiger partial charge in [-0.25, -0.2) is 9.78 Å². The third kappa shape index (κ3) is 2.76. The highest BCUT2D eigenvalue weighted by Gasteiger charge is 2.44. The fourth-order valence-electron chi connectivity index (χ4n) is 2.28. The molecule has 2 rings (SSSR count). The van der Waals surface area contributed by atoms with Crippen molar-refractivity contribution in [2.45, 2.75) is 25.8 Å². The molecule has 0 aliphatic heterocycles. The molecule has 7 heteroatoms. The molecule has 1 aliphatic rings. The maximum absolute atomic E-state index is 12.0. The van der Waals surface area contributed by atoms with Gasteiger partial charge in [-0.2, -0.15) is 0 Å². The Kier molecular flexibility index (Phi) is 3.96. The van der Waals surface area contributed by atoms with Gasteiger partial charge in [0.15, 0.2) is 0 Å². The topological polar surface area (TPSA) is 87.5 Å². The van der Waals surface area contributed by atoms with Gasteiger partial charge in [-0.05, 0) is 12.8 Å². The van der Waals surface area contributed by atoms with Crippen molar-refractivity contribution in [2.75, 3.05) is 13.6 Å². The lowest BCUT2D eigenvalue weighted by Crippen LogP contribution is -2.50. The largest absolute Gasteiger partial charge is 0.481 e. The summed E-state index contributed by atoms with van der Waals surface area (Å²) >= 11 is 0. The van der Waals surface area contributed by atoms with Crippen molar-refractivity contribution in [3.8, 4) is 0 Å². The quantitative estimate of drug-likeness (QED) is 0.835. The molecule has 0 radical (unpaired) electrons. The minimum absolute atomic E-state index is 0.187. The first kappa shape index (κ1) is 14.4. The van der Waals surface area contributed by atoms with Crippen LogP contribution in [0, 0.1) is 5.41 Å². The molecule has 0 bridgehead atoms. The number of nitrogens with zero attached hydrogens (tertiary/aromatic N) is 3. The van der Waals surface area contributed by atoms with Crippen molar-refractivity contribution in [2.24, 2.45) is 12.5 Å². The minimum atomic E-state index is -0.823. The van der Waals surface area contributed by atoms with Gasteiger partial charge in [-0.3, -0.25) is 4.79 Å². The fraction of sp³-hybridized carbons (Fsp3) is 0.615. The number of carboxylic acids is 1. The lowest BCUT2D eigenvalue weighted by molar-refractivity contribution is -0.153. The molecular formula is C13H20N4O3. The predicted octanol–water partition coefficient (Wildman–Crippen LogP) is 0.816. The van der Waals surface area contributed by atoms with Crippen molar-refractivity contribution in [3.05, 3.63) is 18.2 Å². The number of carboxylic acid groups (broad SMARTS) is 1. The molecule has 0 aromatic carbocycles. The van der Waals surface area contributed by atoms with Crippen molar-refractivity contribution < 1.29 is 14.7 Å². The Balaban J connectivity index is 1.85. The third-order valence-electron chi connectivity index (χ3n) is 3.99. The summed E-state index contributed by atoms with van der Waals surface area (Å²) in [6.45, 7) is 0.571. The Morgan fingerprint density at radius 1 is 1.55 bits per heavy atom. The number of hydrogen-bond donors (Lipinski definition) is 2. The highest BCUT2D eigenvalue weighted by Crippen LogP contribution is 2.40. The number of amides is 2. The number of rotatable bonds is 5. The second-order valence-electron chi connectivity index (χ2n) is 5.41. The van der Waals surface area contributed by atoms with Crippen LogP contribution >= 0.6 is 0 Å². The van der Waals surface area contributed by atoms with E-state index >= 15 is 0 Å². The van der Waals surface area contributed by atoms with Crippen LogP contribution < -0.4 is 5.32 Å². The number of aryl methyl sites for hydroxylation is 1. The second kappa shape index (κ2) is 5.52. The number of carbonyl (C=O) groups excluding carboxylic acids is 1.